The van der Waals surface area contributed by atoms with Gasteiger partial charge in [0.2, 0.25) is 5.78 Å². The van der Waals surface area contributed by atoms with Crippen LogP contribution in [0, 0.1) is 13.8 Å². The number of hydrogen-bond acceptors (Lipinski definition) is 3. The first kappa shape index (κ1) is 9.58. The van der Waals surface area contributed by atoms with Crippen molar-refractivity contribution in [3.05, 3.63) is 46.8 Å². The van der Waals surface area contributed by atoms with Crippen LogP contribution < -0.4 is 0 Å². The number of aryl methyl sites for hydroxylation is 2. The quantitative estimate of drug-likeness (QED) is 0.751. The Morgan fingerprint density at radius 3 is 2.80 bits per heavy atom. The summed E-state index contributed by atoms with van der Waals surface area (Å²) in [6.45, 7) is 3.87. The maximum Gasteiger partial charge on any atom is 0.215 e. The molecule has 0 fully saturated rings. The molecule has 2 aromatic rings. The first-order chi connectivity index (χ1) is 7.18. The van der Waals surface area contributed by atoms with Crippen LogP contribution in [0.5, 0.6) is 0 Å². The molecule has 0 aliphatic carbocycles. The standard InChI is InChI=1S/C11H11N3O/c1-7-3-4-8(2)9(5-7)11(15)10-6-12-14-13-10/h3-6H,1-2H3,(H,12,13,14). The van der Waals surface area contributed by atoms with Crippen molar-refractivity contribution in [3.63, 3.8) is 0 Å². The van der Waals surface area contributed by atoms with Gasteiger partial charge in [-0.15, -0.1) is 0 Å². The third kappa shape index (κ3) is 1.79. The lowest BCUT2D eigenvalue weighted by Crippen LogP contribution is -2.04. The molecule has 0 bridgehead atoms. The van der Waals surface area contributed by atoms with Gasteiger partial charge in [-0.3, -0.25) is 4.79 Å². The summed E-state index contributed by atoms with van der Waals surface area (Å²) < 4.78 is 0. The molecule has 0 spiro atoms. The van der Waals surface area contributed by atoms with Gasteiger partial charge in [-0.05, 0) is 25.5 Å². The monoisotopic (exact) mass is 201 g/mol. The lowest BCUT2D eigenvalue weighted by Gasteiger charge is -2.03. The zero-order valence-electron chi connectivity index (χ0n) is 8.61. The number of aromatic nitrogens is 3. The highest BCUT2D eigenvalue weighted by Crippen LogP contribution is 2.13. The summed E-state index contributed by atoms with van der Waals surface area (Å²) in [6.07, 6.45) is 1.43. The lowest BCUT2D eigenvalue weighted by molar-refractivity contribution is 0.103. The van der Waals surface area contributed by atoms with Gasteiger partial charge in [0.15, 0.2) is 5.69 Å². The number of carbonyl (C=O) groups excluding carboxylic acids is 1. The Labute approximate surface area is 87.3 Å². The van der Waals surface area contributed by atoms with Gasteiger partial charge in [-0.2, -0.15) is 15.4 Å². The summed E-state index contributed by atoms with van der Waals surface area (Å²) in [7, 11) is 0. The zero-order valence-corrected chi connectivity index (χ0v) is 8.61. The summed E-state index contributed by atoms with van der Waals surface area (Å²) in [5.41, 5.74) is 3.05. The average Bonchev–Trinajstić information content (AvgIpc) is 2.74. The maximum absolute atomic E-state index is 12.0. The second-order valence-corrected chi connectivity index (χ2v) is 3.50. The SMILES string of the molecule is Cc1ccc(C)c(C(=O)c2cn[nH]n2)c1. The smallest absolute Gasteiger partial charge is 0.215 e. The fourth-order valence-corrected chi connectivity index (χ4v) is 1.43. The third-order valence-corrected chi connectivity index (χ3v) is 2.29. The van der Waals surface area contributed by atoms with Gasteiger partial charge in [0.1, 0.15) is 0 Å². The fourth-order valence-electron chi connectivity index (χ4n) is 1.43. The van der Waals surface area contributed by atoms with E-state index in [0.717, 1.165) is 11.1 Å². The van der Waals surface area contributed by atoms with Crippen LogP contribution in [0.1, 0.15) is 27.2 Å². The van der Waals surface area contributed by atoms with E-state index in [-0.39, 0.29) is 5.78 Å². The fraction of sp³-hybridized carbons (Fsp3) is 0.182. The highest BCUT2D eigenvalue weighted by Gasteiger charge is 2.13. The molecule has 0 radical (unpaired) electrons. The number of aromatic amines is 1. The van der Waals surface area contributed by atoms with Crippen LogP contribution in [0.25, 0.3) is 0 Å². The Bertz CT molecular complexity index is 489. The van der Waals surface area contributed by atoms with Crippen molar-refractivity contribution in [3.8, 4) is 0 Å². The molecule has 0 amide bonds. The number of nitrogens with zero attached hydrogens (tertiary/aromatic N) is 2. The minimum Gasteiger partial charge on any atom is -0.287 e. The van der Waals surface area contributed by atoms with Crippen LogP contribution in [-0.2, 0) is 0 Å². The average molecular weight is 201 g/mol. The van der Waals surface area contributed by atoms with E-state index >= 15 is 0 Å². The van der Waals surface area contributed by atoms with Crippen LogP contribution in [0.3, 0.4) is 0 Å². The molecule has 1 aromatic heterocycles. The molecule has 76 valence electrons. The Hall–Kier alpha value is -1.97. The molecule has 4 nitrogen and oxygen atoms in total. The number of nitrogens with one attached hydrogen (secondary N) is 1. The van der Waals surface area contributed by atoms with Crippen molar-refractivity contribution < 1.29 is 4.79 Å². The summed E-state index contributed by atoms with van der Waals surface area (Å²) in [6, 6.07) is 5.78. The summed E-state index contributed by atoms with van der Waals surface area (Å²) in [5, 5.41) is 9.84. The number of hydrogen-bond donors (Lipinski definition) is 1. The Balaban J connectivity index is 2.46. The molecule has 0 aliphatic heterocycles. The van der Waals surface area contributed by atoms with Crippen molar-refractivity contribution in [2.24, 2.45) is 0 Å². The van der Waals surface area contributed by atoms with Crippen molar-refractivity contribution in [2.75, 3.05) is 0 Å². The van der Waals surface area contributed by atoms with Crippen LogP contribution in [0.2, 0.25) is 0 Å². The van der Waals surface area contributed by atoms with Crippen molar-refractivity contribution in [2.45, 2.75) is 13.8 Å². The number of H-pyrrole nitrogens is 1. The lowest BCUT2D eigenvalue weighted by atomic mass is 10.0. The summed E-state index contributed by atoms with van der Waals surface area (Å²) in [5.74, 6) is -0.0926. The van der Waals surface area contributed by atoms with Gasteiger partial charge in [0.05, 0.1) is 6.20 Å². The van der Waals surface area contributed by atoms with Gasteiger partial charge in [-0.25, -0.2) is 0 Å². The number of carbonyl (C=O) groups is 1. The van der Waals surface area contributed by atoms with Crippen molar-refractivity contribution in [1.29, 1.82) is 0 Å². The largest absolute Gasteiger partial charge is 0.287 e. The second-order valence-electron chi connectivity index (χ2n) is 3.50. The highest BCUT2D eigenvalue weighted by atomic mass is 16.1. The molecule has 1 N–H and O–H groups in total. The molecule has 0 unspecified atom stereocenters. The molecule has 0 aliphatic rings. The van der Waals surface area contributed by atoms with E-state index in [1.54, 1.807) is 0 Å². The van der Waals surface area contributed by atoms with Crippen molar-refractivity contribution >= 4 is 5.78 Å². The molecule has 15 heavy (non-hydrogen) atoms. The molecule has 0 saturated carbocycles. The topological polar surface area (TPSA) is 58.6 Å². The van der Waals surface area contributed by atoms with E-state index in [4.69, 9.17) is 0 Å². The van der Waals surface area contributed by atoms with E-state index in [1.807, 2.05) is 32.0 Å². The van der Waals surface area contributed by atoms with Gasteiger partial charge >= 0.3 is 0 Å². The van der Waals surface area contributed by atoms with Gasteiger partial charge in [-0.1, -0.05) is 17.7 Å². The number of benzene rings is 1. The number of ketones is 1. The number of rotatable bonds is 2. The van der Waals surface area contributed by atoms with E-state index in [0.29, 0.717) is 11.3 Å². The Morgan fingerprint density at radius 2 is 2.13 bits per heavy atom. The molecular formula is C11H11N3O. The van der Waals surface area contributed by atoms with Crippen LogP contribution in [0.4, 0.5) is 0 Å². The van der Waals surface area contributed by atoms with Gasteiger partial charge < -0.3 is 0 Å². The molecule has 1 heterocycles. The minimum absolute atomic E-state index is 0.0926. The molecule has 0 saturated heterocycles. The van der Waals surface area contributed by atoms with E-state index in [1.165, 1.54) is 6.20 Å². The van der Waals surface area contributed by atoms with Gasteiger partial charge in [0.25, 0.3) is 0 Å². The molecule has 0 atom stereocenters. The Morgan fingerprint density at radius 1 is 1.33 bits per heavy atom. The first-order valence-electron chi connectivity index (χ1n) is 4.66. The van der Waals surface area contributed by atoms with Crippen molar-refractivity contribution in [1.82, 2.24) is 15.4 Å². The second kappa shape index (κ2) is 3.65. The van der Waals surface area contributed by atoms with E-state index in [9.17, 15) is 4.79 Å². The molecule has 4 heteroatoms. The summed E-state index contributed by atoms with van der Waals surface area (Å²) >= 11 is 0. The van der Waals surface area contributed by atoms with Gasteiger partial charge in [0, 0.05) is 5.56 Å². The minimum atomic E-state index is -0.0926. The third-order valence-electron chi connectivity index (χ3n) is 2.29. The Kier molecular flexibility index (Phi) is 2.33. The predicted molar refractivity (Wildman–Crippen MR) is 55.7 cm³/mol. The van der Waals surface area contributed by atoms with Crippen LogP contribution in [0.15, 0.2) is 24.4 Å². The normalized spacial score (nSPS) is 10.3. The van der Waals surface area contributed by atoms with E-state index in [2.05, 4.69) is 15.4 Å². The predicted octanol–water partition coefficient (Wildman–Crippen LogP) is 1.65. The maximum atomic E-state index is 12.0. The van der Waals surface area contributed by atoms with E-state index < -0.39 is 0 Å². The first-order valence-corrected chi connectivity index (χ1v) is 4.66. The molecule has 2 rings (SSSR count). The molecular weight excluding hydrogens is 190 g/mol. The molecule has 1 aromatic carbocycles. The summed E-state index contributed by atoms with van der Waals surface area (Å²) in [4.78, 5) is 12.0. The van der Waals surface area contributed by atoms with Crippen LogP contribution >= 0.6 is 0 Å². The zero-order chi connectivity index (χ0) is 10.8. The highest BCUT2D eigenvalue weighted by molar-refractivity contribution is 6.08. The van der Waals surface area contributed by atoms with Crippen LogP contribution in [-0.4, -0.2) is 21.2 Å².